The predicted molar refractivity (Wildman–Crippen MR) is 136 cm³/mol. The van der Waals surface area contributed by atoms with Crippen LogP contribution in [0.25, 0.3) is 0 Å². The van der Waals surface area contributed by atoms with Crippen LogP contribution in [0.2, 0.25) is 0 Å². The molecule has 0 aliphatic heterocycles. The molecule has 6 N–H and O–H groups in total. The number of aliphatic hydroxyl groups excluding tert-OH is 2. The fourth-order valence-corrected chi connectivity index (χ4v) is 3.86. The summed E-state index contributed by atoms with van der Waals surface area (Å²) >= 11 is 0. The number of carbonyl (C=O) groups is 3. The van der Waals surface area contributed by atoms with Crippen LogP contribution in [0.15, 0.2) is 60.7 Å². The molecule has 2 rings (SSSR count). The van der Waals surface area contributed by atoms with E-state index in [1.165, 1.54) is 6.92 Å². The van der Waals surface area contributed by atoms with Crippen LogP contribution in [-0.4, -0.2) is 68.5 Å². The zero-order chi connectivity index (χ0) is 27.1. The van der Waals surface area contributed by atoms with Crippen LogP contribution in [0, 0.1) is 5.41 Å². The van der Waals surface area contributed by atoms with Gasteiger partial charge in [0.15, 0.2) is 0 Å². The number of hydrogen-bond donors (Lipinski definition) is 5. The number of ketones is 1. The van der Waals surface area contributed by atoms with Gasteiger partial charge in [-0.1, -0.05) is 81.4 Å². The van der Waals surface area contributed by atoms with E-state index in [0.717, 1.165) is 10.5 Å². The van der Waals surface area contributed by atoms with Crippen LogP contribution in [0.3, 0.4) is 0 Å². The van der Waals surface area contributed by atoms with Crippen LogP contribution >= 0.6 is 0 Å². The maximum absolute atomic E-state index is 12.7. The third-order valence-electron chi connectivity index (χ3n) is 6.12. The number of rotatable bonds is 11. The van der Waals surface area contributed by atoms with Crippen molar-refractivity contribution in [2.75, 3.05) is 6.54 Å². The lowest BCUT2D eigenvalue weighted by Crippen LogP contribution is -2.68. The summed E-state index contributed by atoms with van der Waals surface area (Å²) in [6.45, 7) is 5.71. The van der Waals surface area contributed by atoms with Crippen LogP contribution in [0.5, 0.6) is 0 Å². The number of carbonyl (C=O) groups excluding carboxylic acids is 2. The van der Waals surface area contributed by atoms with E-state index in [0.29, 0.717) is 5.56 Å². The minimum Gasteiger partial charge on any atom is -0.465 e. The molecule has 0 aliphatic rings. The Kier molecular flexibility index (Phi) is 9.75. The lowest BCUT2D eigenvalue weighted by molar-refractivity contribution is -0.143. The summed E-state index contributed by atoms with van der Waals surface area (Å²) in [6.07, 6.45) is -4.03. The van der Waals surface area contributed by atoms with E-state index in [-0.39, 0.29) is 12.8 Å². The highest BCUT2D eigenvalue weighted by Crippen LogP contribution is 2.22. The third-order valence-corrected chi connectivity index (χ3v) is 6.12. The summed E-state index contributed by atoms with van der Waals surface area (Å²) < 4.78 is 0. The van der Waals surface area contributed by atoms with E-state index >= 15 is 0 Å². The zero-order valence-corrected chi connectivity index (χ0v) is 21.2. The van der Waals surface area contributed by atoms with E-state index in [4.69, 9.17) is 5.73 Å². The molecule has 2 aromatic carbocycles. The number of benzene rings is 2. The predicted octanol–water partition coefficient (Wildman–Crippen LogP) is 1.95. The van der Waals surface area contributed by atoms with Gasteiger partial charge in [0.1, 0.15) is 5.66 Å². The van der Waals surface area contributed by atoms with E-state index in [2.05, 4.69) is 5.32 Å². The Hall–Kier alpha value is -3.27. The van der Waals surface area contributed by atoms with Crippen LogP contribution in [0.1, 0.15) is 38.8 Å². The van der Waals surface area contributed by atoms with Crippen molar-refractivity contribution in [3.63, 3.8) is 0 Å². The van der Waals surface area contributed by atoms with Gasteiger partial charge in [-0.25, -0.2) is 4.79 Å². The average Bonchev–Trinajstić information content (AvgIpc) is 2.81. The number of amides is 2. The van der Waals surface area contributed by atoms with Gasteiger partial charge < -0.3 is 26.4 Å². The highest BCUT2D eigenvalue weighted by Gasteiger charge is 2.43. The SMILES string of the molecule is CC(O)C(N)(Cc1ccccc1)N(CC(O)C(Cc1ccccc1)NC(=O)C(=O)C(C)(C)C)C(=O)O. The summed E-state index contributed by atoms with van der Waals surface area (Å²) in [5, 5.41) is 34.3. The minimum atomic E-state index is -1.77. The fraction of sp³-hybridized carbons (Fsp3) is 0.444. The first-order valence-electron chi connectivity index (χ1n) is 11.8. The van der Waals surface area contributed by atoms with E-state index in [9.17, 15) is 29.7 Å². The van der Waals surface area contributed by atoms with E-state index in [1.54, 1.807) is 75.4 Å². The molecule has 0 saturated carbocycles. The molecule has 0 bridgehead atoms. The van der Waals surface area contributed by atoms with Gasteiger partial charge in [0.05, 0.1) is 24.8 Å². The second-order valence-electron chi connectivity index (χ2n) is 10.1. The fourth-order valence-electron chi connectivity index (χ4n) is 3.86. The maximum Gasteiger partial charge on any atom is 0.408 e. The summed E-state index contributed by atoms with van der Waals surface area (Å²) in [6, 6.07) is 16.9. The number of Topliss-reactive ketones (excluding diaryl/α,β-unsaturated/α-hetero) is 1. The molecule has 2 aromatic rings. The molecule has 196 valence electrons. The molecule has 9 nitrogen and oxygen atoms in total. The van der Waals surface area contributed by atoms with E-state index in [1.807, 2.05) is 6.07 Å². The number of nitrogens with one attached hydrogen (secondary N) is 1. The van der Waals surface area contributed by atoms with Gasteiger partial charge >= 0.3 is 6.09 Å². The number of nitrogens with two attached hydrogens (primary N) is 1. The van der Waals surface area contributed by atoms with Crippen LogP contribution in [0.4, 0.5) is 4.79 Å². The maximum atomic E-state index is 12.7. The Morgan fingerprint density at radius 1 is 0.944 bits per heavy atom. The Morgan fingerprint density at radius 3 is 1.89 bits per heavy atom. The summed E-state index contributed by atoms with van der Waals surface area (Å²) in [5.41, 5.74) is 5.23. The van der Waals surface area contributed by atoms with Crippen molar-refractivity contribution in [3.8, 4) is 0 Å². The smallest absolute Gasteiger partial charge is 0.408 e. The molecule has 0 fully saturated rings. The second kappa shape index (κ2) is 12.1. The van der Waals surface area contributed by atoms with Crippen molar-refractivity contribution in [1.82, 2.24) is 10.2 Å². The monoisotopic (exact) mass is 499 g/mol. The van der Waals surface area contributed by atoms with Gasteiger partial charge in [0, 0.05) is 11.8 Å². The van der Waals surface area contributed by atoms with Crippen LogP contribution < -0.4 is 11.1 Å². The molecule has 2 amide bonds. The lowest BCUT2D eigenvalue weighted by atomic mass is 9.89. The highest BCUT2D eigenvalue weighted by molar-refractivity contribution is 6.38. The topological polar surface area (TPSA) is 153 Å². The van der Waals surface area contributed by atoms with Gasteiger partial charge in [-0.2, -0.15) is 0 Å². The van der Waals surface area contributed by atoms with Gasteiger partial charge in [-0.15, -0.1) is 0 Å². The molecule has 9 heteroatoms. The Morgan fingerprint density at radius 2 is 1.44 bits per heavy atom. The van der Waals surface area contributed by atoms with Gasteiger partial charge in [0.2, 0.25) is 5.78 Å². The number of aliphatic hydroxyl groups is 2. The molecule has 0 radical (unpaired) electrons. The van der Waals surface area contributed by atoms with Crippen molar-refractivity contribution < 1.29 is 29.7 Å². The van der Waals surface area contributed by atoms with Gasteiger partial charge in [0.25, 0.3) is 5.91 Å². The first-order valence-corrected chi connectivity index (χ1v) is 11.8. The van der Waals surface area contributed by atoms with Crippen molar-refractivity contribution in [1.29, 1.82) is 0 Å². The van der Waals surface area contributed by atoms with Crippen molar-refractivity contribution in [3.05, 3.63) is 71.8 Å². The van der Waals surface area contributed by atoms with Crippen molar-refractivity contribution in [2.45, 2.75) is 64.4 Å². The second-order valence-corrected chi connectivity index (χ2v) is 10.1. The number of hydrogen-bond acceptors (Lipinski definition) is 6. The molecule has 4 unspecified atom stereocenters. The van der Waals surface area contributed by atoms with Crippen molar-refractivity contribution >= 4 is 17.8 Å². The van der Waals surface area contributed by atoms with Gasteiger partial charge in [-0.3, -0.25) is 14.5 Å². The highest BCUT2D eigenvalue weighted by atomic mass is 16.4. The molecule has 36 heavy (non-hydrogen) atoms. The third kappa shape index (κ3) is 7.61. The molecule has 4 atom stereocenters. The number of nitrogens with zero attached hydrogens (tertiary/aromatic N) is 1. The Bertz CT molecular complexity index is 1020. The normalized spacial score (nSPS) is 15.8. The molecule has 0 aliphatic carbocycles. The Labute approximate surface area is 211 Å². The molecule has 0 saturated heterocycles. The standard InChI is InChI=1S/C27H37N3O6/c1-18(31)27(28,16-20-13-9-6-10-14-20)30(25(35)36)17-22(32)21(15-19-11-7-5-8-12-19)29-24(34)23(33)26(2,3)4/h5-14,18,21-22,31-32H,15-17,28H2,1-4H3,(H,29,34)(H,35,36). The van der Waals surface area contributed by atoms with Crippen LogP contribution in [-0.2, 0) is 22.4 Å². The largest absolute Gasteiger partial charge is 0.465 e. The quantitative estimate of drug-likeness (QED) is 0.234. The molecular formula is C27H37N3O6. The average molecular weight is 500 g/mol. The Balaban J connectivity index is 2.36. The molecular weight excluding hydrogens is 462 g/mol. The first kappa shape index (κ1) is 29.0. The molecule has 0 spiro atoms. The van der Waals surface area contributed by atoms with Gasteiger partial charge in [-0.05, 0) is 24.5 Å². The summed E-state index contributed by atoms with van der Waals surface area (Å²) in [5.74, 6) is -1.53. The number of carboxylic acid groups (broad SMARTS) is 1. The molecule has 0 heterocycles. The summed E-state index contributed by atoms with van der Waals surface area (Å²) in [4.78, 5) is 38.3. The lowest BCUT2D eigenvalue weighted by Gasteiger charge is -2.43. The molecule has 0 aromatic heterocycles. The summed E-state index contributed by atoms with van der Waals surface area (Å²) in [7, 11) is 0. The minimum absolute atomic E-state index is 0.0112. The first-order chi connectivity index (χ1) is 16.8. The zero-order valence-electron chi connectivity index (χ0n) is 21.2. The van der Waals surface area contributed by atoms with E-state index < -0.39 is 53.7 Å². The van der Waals surface area contributed by atoms with Crippen molar-refractivity contribution in [2.24, 2.45) is 11.1 Å².